The number of esters is 1. The van der Waals surface area contributed by atoms with Crippen molar-refractivity contribution in [1.29, 1.82) is 0 Å². The average Bonchev–Trinajstić information content (AvgIpc) is 3.72. The minimum Gasteiger partial charge on any atom is -0.465 e. The van der Waals surface area contributed by atoms with E-state index in [1.807, 2.05) is 4.90 Å². The SMILES string of the molecule is COC(=O)c1ccccc1S(=O)(=O)N1CCC(C(=O)N(Cc2ccc(C(C)C)cc2)C2CC2)CC1. The highest BCUT2D eigenvalue weighted by molar-refractivity contribution is 7.89. The predicted molar refractivity (Wildman–Crippen MR) is 133 cm³/mol. The first-order valence-corrected chi connectivity index (χ1v) is 13.7. The molecule has 1 aliphatic heterocycles. The van der Waals surface area contributed by atoms with Crippen LogP contribution in [0.5, 0.6) is 0 Å². The molecule has 0 spiro atoms. The fourth-order valence-corrected chi connectivity index (χ4v) is 6.31. The maximum Gasteiger partial charge on any atom is 0.339 e. The summed E-state index contributed by atoms with van der Waals surface area (Å²) >= 11 is 0. The van der Waals surface area contributed by atoms with Gasteiger partial charge in [-0.05, 0) is 54.9 Å². The molecule has 0 N–H and O–H groups in total. The van der Waals surface area contributed by atoms with E-state index in [2.05, 4.69) is 38.1 Å². The Bertz CT molecular complexity index is 1160. The van der Waals surface area contributed by atoms with Crippen LogP contribution in [0, 0.1) is 5.92 Å². The van der Waals surface area contributed by atoms with Crippen molar-refractivity contribution in [3.8, 4) is 0 Å². The van der Waals surface area contributed by atoms with Gasteiger partial charge in [-0.3, -0.25) is 4.79 Å². The van der Waals surface area contributed by atoms with Gasteiger partial charge in [-0.2, -0.15) is 4.31 Å². The average molecular weight is 499 g/mol. The second-order valence-electron chi connectivity index (χ2n) is 9.76. The van der Waals surface area contributed by atoms with Crippen LogP contribution in [0.2, 0.25) is 0 Å². The minimum atomic E-state index is -3.87. The molecule has 0 aromatic heterocycles. The molecule has 0 unspecified atom stereocenters. The van der Waals surface area contributed by atoms with Crippen LogP contribution in [0.1, 0.15) is 66.9 Å². The lowest BCUT2D eigenvalue weighted by atomic mass is 9.96. The minimum absolute atomic E-state index is 0.0246. The van der Waals surface area contributed by atoms with Gasteiger partial charge in [0.1, 0.15) is 0 Å². The number of piperidine rings is 1. The molecule has 7 nitrogen and oxygen atoms in total. The number of benzene rings is 2. The second-order valence-corrected chi connectivity index (χ2v) is 11.7. The van der Waals surface area contributed by atoms with E-state index in [0.717, 1.165) is 18.4 Å². The van der Waals surface area contributed by atoms with Crippen LogP contribution in [-0.4, -0.2) is 55.7 Å². The summed E-state index contributed by atoms with van der Waals surface area (Å²) < 4.78 is 32.7. The monoisotopic (exact) mass is 498 g/mol. The molecule has 188 valence electrons. The third kappa shape index (κ3) is 5.59. The number of sulfonamides is 1. The van der Waals surface area contributed by atoms with Crippen LogP contribution in [0.25, 0.3) is 0 Å². The zero-order valence-electron chi connectivity index (χ0n) is 20.6. The van der Waals surface area contributed by atoms with Gasteiger partial charge in [0.2, 0.25) is 15.9 Å². The van der Waals surface area contributed by atoms with Crippen LogP contribution in [0.15, 0.2) is 53.4 Å². The van der Waals surface area contributed by atoms with Crippen molar-refractivity contribution in [3.05, 3.63) is 65.2 Å². The lowest BCUT2D eigenvalue weighted by molar-refractivity contribution is -0.138. The van der Waals surface area contributed by atoms with Gasteiger partial charge in [0, 0.05) is 31.6 Å². The Morgan fingerprint density at radius 1 is 1.00 bits per heavy atom. The fourth-order valence-electron chi connectivity index (χ4n) is 4.66. The summed E-state index contributed by atoms with van der Waals surface area (Å²) in [6, 6.07) is 14.8. The van der Waals surface area contributed by atoms with Gasteiger partial charge in [-0.1, -0.05) is 50.2 Å². The molecule has 2 aromatic carbocycles. The quantitative estimate of drug-likeness (QED) is 0.510. The summed E-state index contributed by atoms with van der Waals surface area (Å²) in [4.78, 5) is 27.5. The summed E-state index contributed by atoms with van der Waals surface area (Å²) in [6.07, 6.45) is 2.97. The molecule has 1 saturated heterocycles. The highest BCUT2D eigenvalue weighted by atomic mass is 32.2. The molecule has 35 heavy (non-hydrogen) atoms. The Morgan fingerprint density at radius 2 is 1.63 bits per heavy atom. The number of hydrogen-bond acceptors (Lipinski definition) is 5. The van der Waals surface area contributed by atoms with Crippen molar-refractivity contribution in [2.45, 2.75) is 62.9 Å². The fraction of sp³-hybridized carbons (Fsp3) is 0.481. The molecular weight excluding hydrogens is 464 g/mol. The molecule has 0 bridgehead atoms. The predicted octanol–water partition coefficient (Wildman–Crippen LogP) is 4.19. The molecular formula is C27H34N2O5S. The topological polar surface area (TPSA) is 84.0 Å². The number of rotatable bonds is 8. The van der Waals surface area contributed by atoms with Crippen LogP contribution in [-0.2, 0) is 26.1 Å². The van der Waals surface area contributed by atoms with E-state index in [4.69, 9.17) is 4.74 Å². The van der Waals surface area contributed by atoms with E-state index < -0.39 is 16.0 Å². The van der Waals surface area contributed by atoms with Crippen molar-refractivity contribution in [3.63, 3.8) is 0 Å². The zero-order chi connectivity index (χ0) is 25.2. The third-order valence-electron chi connectivity index (χ3n) is 6.98. The van der Waals surface area contributed by atoms with E-state index >= 15 is 0 Å². The number of carbonyl (C=O) groups excluding carboxylic acids is 2. The number of hydrogen-bond donors (Lipinski definition) is 0. The van der Waals surface area contributed by atoms with E-state index in [-0.39, 0.29) is 41.4 Å². The zero-order valence-corrected chi connectivity index (χ0v) is 21.5. The van der Waals surface area contributed by atoms with Crippen molar-refractivity contribution in [2.75, 3.05) is 20.2 Å². The summed E-state index contributed by atoms with van der Waals surface area (Å²) in [6.45, 7) is 5.41. The molecule has 1 aliphatic carbocycles. The van der Waals surface area contributed by atoms with Gasteiger partial charge in [0.15, 0.2) is 0 Å². The smallest absolute Gasteiger partial charge is 0.339 e. The number of nitrogens with zero attached hydrogens (tertiary/aromatic N) is 2. The van der Waals surface area contributed by atoms with Gasteiger partial charge < -0.3 is 9.64 Å². The second kappa shape index (κ2) is 10.5. The van der Waals surface area contributed by atoms with Crippen molar-refractivity contribution in [2.24, 2.45) is 5.92 Å². The van der Waals surface area contributed by atoms with Gasteiger partial charge in [0.25, 0.3) is 0 Å². The molecule has 2 fully saturated rings. The molecule has 4 rings (SSSR count). The number of amides is 1. The normalized spacial score (nSPS) is 17.4. The Balaban J connectivity index is 1.43. The van der Waals surface area contributed by atoms with E-state index in [9.17, 15) is 18.0 Å². The van der Waals surface area contributed by atoms with Gasteiger partial charge in [0.05, 0.1) is 17.6 Å². The van der Waals surface area contributed by atoms with Crippen molar-refractivity contribution >= 4 is 21.9 Å². The molecule has 1 amide bonds. The number of methoxy groups -OCH3 is 1. The Hall–Kier alpha value is -2.71. The first kappa shape index (κ1) is 25.4. The van der Waals surface area contributed by atoms with Gasteiger partial charge >= 0.3 is 5.97 Å². The van der Waals surface area contributed by atoms with Crippen LogP contribution >= 0.6 is 0 Å². The molecule has 8 heteroatoms. The van der Waals surface area contributed by atoms with Crippen molar-refractivity contribution in [1.82, 2.24) is 9.21 Å². The molecule has 0 radical (unpaired) electrons. The van der Waals surface area contributed by atoms with Crippen LogP contribution in [0.4, 0.5) is 0 Å². The third-order valence-corrected chi connectivity index (χ3v) is 8.94. The first-order chi connectivity index (χ1) is 16.7. The Morgan fingerprint density at radius 3 is 2.20 bits per heavy atom. The maximum atomic E-state index is 13.5. The molecule has 1 saturated carbocycles. The van der Waals surface area contributed by atoms with Crippen LogP contribution < -0.4 is 0 Å². The number of ether oxygens (including phenoxy) is 1. The summed E-state index contributed by atoms with van der Waals surface area (Å²) in [5.74, 6) is -0.303. The molecule has 0 atom stereocenters. The summed E-state index contributed by atoms with van der Waals surface area (Å²) in [7, 11) is -2.64. The molecule has 2 aliphatic rings. The van der Waals surface area contributed by atoms with E-state index in [0.29, 0.717) is 25.3 Å². The van der Waals surface area contributed by atoms with E-state index in [1.165, 1.54) is 29.1 Å². The number of carbonyl (C=O) groups is 2. The Kier molecular flexibility index (Phi) is 7.62. The standard InChI is InChI=1S/C27H34N2O5S/c1-19(2)21-10-8-20(9-11-21)18-29(23-12-13-23)26(30)22-14-16-28(17-15-22)35(32,33)25-7-5-4-6-24(25)27(31)34-3/h4-11,19,22-23H,12-18H2,1-3H3. The van der Waals surface area contributed by atoms with Gasteiger partial charge in [-0.15, -0.1) is 0 Å². The highest BCUT2D eigenvalue weighted by Gasteiger charge is 2.39. The maximum absolute atomic E-state index is 13.5. The highest BCUT2D eigenvalue weighted by Crippen LogP contribution is 2.33. The van der Waals surface area contributed by atoms with Crippen LogP contribution in [0.3, 0.4) is 0 Å². The Labute approximate surface area is 208 Å². The lowest BCUT2D eigenvalue weighted by Crippen LogP contribution is -2.45. The van der Waals surface area contributed by atoms with E-state index in [1.54, 1.807) is 12.1 Å². The largest absolute Gasteiger partial charge is 0.465 e. The molecule has 2 aromatic rings. The van der Waals surface area contributed by atoms with Crippen molar-refractivity contribution < 1.29 is 22.7 Å². The molecule has 1 heterocycles. The van der Waals surface area contributed by atoms with Gasteiger partial charge in [-0.25, -0.2) is 13.2 Å². The summed E-state index contributed by atoms with van der Waals surface area (Å²) in [5.41, 5.74) is 2.42. The first-order valence-electron chi connectivity index (χ1n) is 12.3. The summed E-state index contributed by atoms with van der Waals surface area (Å²) in [5, 5.41) is 0. The lowest BCUT2D eigenvalue weighted by Gasteiger charge is -2.34.